The van der Waals surface area contributed by atoms with Gasteiger partial charge in [0.2, 0.25) is 12.9 Å². The number of esters is 1. The summed E-state index contributed by atoms with van der Waals surface area (Å²) in [6.07, 6.45) is 2.70. The molecule has 2 aromatic rings. The number of ether oxygens (including phenoxy) is 5. The van der Waals surface area contributed by atoms with Crippen LogP contribution in [0.25, 0.3) is 0 Å². The Morgan fingerprint density at radius 3 is 2.55 bits per heavy atom. The van der Waals surface area contributed by atoms with Crippen molar-refractivity contribution in [3.8, 4) is 11.5 Å². The SMILES string of the molecule is CCCC1C(=C=O)C(OC)=CC=C1OC(C(=O)NS(=O)(=O)c1ccccc1C(=O)OC)c1ccc2c(c1)OCO2. The molecule has 0 saturated heterocycles. The van der Waals surface area contributed by atoms with Gasteiger partial charge in [0.25, 0.3) is 15.9 Å². The molecule has 0 fully saturated rings. The van der Waals surface area contributed by atoms with Gasteiger partial charge in [0.05, 0.1) is 31.3 Å². The van der Waals surface area contributed by atoms with E-state index in [-0.39, 0.29) is 29.3 Å². The molecule has 0 saturated carbocycles. The highest BCUT2D eigenvalue weighted by atomic mass is 32.2. The number of methoxy groups -OCH3 is 2. The first-order valence-electron chi connectivity index (χ1n) is 12.3. The van der Waals surface area contributed by atoms with Crippen molar-refractivity contribution in [2.45, 2.75) is 30.8 Å². The van der Waals surface area contributed by atoms with Crippen LogP contribution in [-0.2, 0) is 33.8 Å². The van der Waals surface area contributed by atoms with E-state index < -0.39 is 38.8 Å². The van der Waals surface area contributed by atoms with Gasteiger partial charge in [-0.05, 0) is 42.8 Å². The lowest BCUT2D eigenvalue weighted by Gasteiger charge is -2.28. The Labute approximate surface area is 231 Å². The van der Waals surface area contributed by atoms with Gasteiger partial charge in [-0.3, -0.25) is 4.79 Å². The highest BCUT2D eigenvalue weighted by molar-refractivity contribution is 7.90. The molecule has 1 N–H and O–H groups in total. The number of hydrogen-bond acceptors (Lipinski definition) is 10. The maximum Gasteiger partial charge on any atom is 0.339 e. The summed E-state index contributed by atoms with van der Waals surface area (Å²) in [7, 11) is -2.02. The van der Waals surface area contributed by atoms with E-state index in [4.69, 9.17) is 18.9 Å². The van der Waals surface area contributed by atoms with Gasteiger partial charge in [-0.2, -0.15) is 0 Å². The molecule has 1 heterocycles. The predicted octanol–water partition coefficient (Wildman–Crippen LogP) is 3.37. The maximum atomic E-state index is 13.6. The van der Waals surface area contributed by atoms with Crippen molar-refractivity contribution in [3.05, 3.63) is 82.8 Å². The van der Waals surface area contributed by atoms with Crippen molar-refractivity contribution < 1.29 is 46.5 Å². The highest BCUT2D eigenvalue weighted by Gasteiger charge is 2.35. The van der Waals surface area contributed by atoms with Crippen molar-refractivity contribution in [3.63, 3.8) is 0 Å². The molecular weight excluding hydrogens is 542 g/mol. The van der Waals surface area contributed by atoms with E-state index in [2.05, 4.69) is 4.74 Å². The zero-order valence-corrected chi connectivity index (χ0v) is 22.8. The number of amides is 1. The summed E-state index contributed by atoms with van der Waals surface area (Å²) in [5.74, 6) is 0.717. The second-order valence-corrected chi connectivity index (χ2v) is 10.4. The van der Waals surface area contributed by atoms with Crippen molar-refractivity contribution in [1.29, 1.82) is 0 Å². The van der Waals surface area contributed by atoms with Crippen molar-refractivity contribution in [2.24, 2.45) is 5.92 Å². The second kappa shape index (κ2) is 12.1. The molecule has 11 nitrogen and oxygen atoms in total. The van der Waals surface area contributed by atoms with Crippen LogP contribution < -0.4 is 14.2 Å². The van der Waals surface area contributed by atoms with Crippen LogP contribution in [0.2, 0.25) is 0 Å². The molecule has 0 bridgehead atoms. The third-order valence-corrected chi connectivity index (χ3v) is 7.68. The fourth-order valence-electron chi connectivity index (χ4n) is 4.38. The quantitative estimate of drug-likeness (QED) is 0.334. The van der Waals surface area contributed by atoms with Gasteiger partial charge >= 0.3 is 5.97 Å². The number of rotatable bonds is 10. The van der Waals surface area contributed by atoms with Crippen LogP contribution in [0.1, 0.15) is 41.8 Å². The van der Waals surface area contributed by atoms with Crippen molar-refractivity contribution in [2.75, 3.05) is 21.0 Å². The van der Waals surface area contributed by atoms with Crippen LogP contribution in [0, 0.1) is 5.92 Å². The zero-order chi connectivity index (χ0) is 28.9. The van der Waals surface area contributed by atoms with Crippen LogP contribution in [0.4, 0.5) is 0 Å². The lowest BCUT2D eigenvalue weighted by Crippen LogP contribution is -2.37. The Bertz CT molecular complexity index is 1540. The molecule has 2 aliphatic rings. The number of hydrogen-bond donors (Lipinski definition) is 1. The fraction of sp³-hybridized carbons (Fsp3) is 0.286. The summed E-state index contributed by atoms with van der Waals surface area (Å²) in [6.45, 7) is 1.90. The molecule has 4 rings (SSSR count). The predicted molar refractivity (Wildman–Crippen MR) is 140 cm³/mol. The van der Waals surface area contributed by atoms with Gasteiger partial charge < -0.3 is 23.7 Å². The summed E-state index contributed by atoms with van der Waals surface area (Å²) in [4.78, 5) is 37.2. The first-order valence-corrected chi connectivity index (χ1v) is 13.7. The molecule has 0 aromatic heterocycles. The van der Waals surface area contributed by atoms with Gasteiger partial charge in [-0.25, -0.2) is 22.7 Å². The number of sulfonamides is 1. The second-order valence-electron chi connectivity index (χ2n) is 8.73. The largest absolute Gasteiger partial charge is 0.496 e. The summed E-state index contributed by atoms with van der Waals surface area (Å²) in [5, 5.41) is 0. The molecule has 1 aliphatic heterocycles. The van der Waals surface area contributed by atoms with Gasteiger partial charge in [0.15, 0.2) is 11.5 Å². The summed E-state index contributed by atoms with van der Waals surface area (Å²) in [6, 6.07) is 9.94. The standard InChI is InChI=1S/C28H27NO10S/c1-4-7-18-20(15-30)21(35-2)12-13-22(18)39-26(17-10-11-23-24(14-17)38-16-37-23)27(31)29-40(33,34)25-9-6-5-8-19(25)28(32)36-3/h5-6,8-14,18,26H,4,7,16H2,1-3H3,(H,29,31). The average molecular weight is 570 g/mol. The summed E-state index contributed by atoms with van der Waals surface area (Å²) in [5.41, 5.74) is 0.223. The van der Waals surface area contributed by atoms with Gasteiger partial charge in [-0.15, -0.1) is 0 Å². The van der Waals surface area contributed by atoms with Gasteiger partial charge in [-0.1, -0.05) is 31.5 Å². The number of benzene rings is 2. The fourth-order valence-corrected chi connectivity index (χ4v) is 5.56. The van der Waals surface area contributed by atoms with E-state index in [1.54, 1.807) is 12.1 Å². The Hall–Kier alpha value is -4.54. The first-order chi connectivity index (χ1) is 19.2. The first kappa shape index (κ1) is 28.5. The Morgan fingerprint density at radius 1 is 1.10 bits per heavy atom. The average Bonchev–Trinajstić information content (AvgIpc) is 3.43. The Morgan fingerprint density at radius 2 is 1.85 bits per heavy atom. The molecule has 2 aromatic carbocycles. The van der Waals surface area contributed by atoms with Gasteiger partial charge in [0, 0.05) is 5.56 Å². The molecule has 12 heteroatoms. The number of carbonyl (C=O) groups excluding carboxylic acids is 3. The molecule has 0 spiro atoms. The van der Waals surface area contributed by atoms with E-state index in [1.165, 1.54) is 49.6 Å². The van der Waals surface area contributed by atoms with Crippen LogP contribution in [0.15, 0.2) is 76.6 Å². The number of allylic oxidation sites excluding steroid dienone is 4. The molecule has 40 heavy (non-hydrogen) atoms. The van der Waals surface area contributed by atoms with Crippen molar-refractivity contribution >= 4 is 27.8 Å². The number of nitrogens with one attached hydrogen (secondary N) is 1. The smallest absolute Gasteiger partial charge is 0.339 e. The molecule has 210 valence electrons. The number of fused-ring (bicyclic) bond motifs is 1. The summed E-state index contributed by atoms with van der Waals surface area (Å²) >= 11 is 0. The Kier molecular flexibility index (Phi) is 8.61. The monoisotopic (exact) mass is 569 g/mol. The third-order valence-electron chi connectivity index (χ3n) is 6.27. The zero-order valence-electron chi connectivity index (χ0n) is 22.0. The lowest BCUT2D eigenvalue weighted by atomic mass is 9.88. The van der Waals surface area contributed by atoms with Crippen LogP contribution in [0.3, 0.4) is 0 Å². The topological polar surface area (TPSA) is 144 Å². The van der Waals surface area contributed by atoms with E-state index in [1.807, 2.05) is 17.6 Å². The highest BCUT2D eigenvalue weighted by Crippen LogP contribution is 2.39. The maximum absolute atomic E-state index is 13.6. The molecule has 2 atom stereocenters. The Balaban J connectivity index is 1.74. The molecule has 2 unspecified atom stereocenters. The van der Waals surface area contributed by atoms with Crippen LogP contribution in [0.5, 0.6) is 11.5 Å². The molecule has 1 aliphatic carbocycles. The van der Waals surface area contributed by atoms with E-state index >= 15 is 0 Å². The van der Waals surface area contributed by atoms with Crippen LogP contribution >= 0.6 is 0 Å². The molecular formula is C28H27NO10S. The van der Waals surface area contributed by atoms with Crippen LogP contribution in [-0.4, -0.2) is 47.2 Å². The molecule has 0 radical (unpaired) electrons. The summed E-state index contributed by atoms with van der Waals surface area (Å²) < 4.78 is 55.6. The molecule has 1 amide bonds. The van der Waals surface area contributed by atoms with Crippen molar-refractivity contribution in [1.82, 2.24) is 4.72 Å². The minimum Gasteiger partial charge on any atom is -0.496 e. The lowest BCUT2D eigenvalue weighted by molar-refractivity contribution is -0.129. The van der Waals surface area contributed by atoms with E-state index in [0.29, 0.717) is 30.1 Å². The number of carbonyl (C=O) groups is 2. The minimum atomic E-state index is -4.56. The minimum absolute atomic E-state index is 0.0169. The van der Waals surface area contributed by atoms with E-state index in [9.17, 15) is 22.8 Å². The third kappa shape index (κ3) is 5.73. The van der Waals surface area contributed by atoms with Gasteiger partial charge in [0.1, 0.15) is 22.4 Å². The normalized spacial score (nSPS) is 16.7. The van der Waals surface area contributed by atoms with E-state index in [0.717, 1.165) is 7.11 Å².